The van der Waals surface area contributed by atoms with Gasteiger partial charge in [0.25, 0.3) is 0 Å². The van der Waals surface area contributed by atoms with E-state index in [2.05, 4.69) is 6.58 Å². The Morgan fingerprint density at radius 3 is 2.65 bits per heavy atom. The number of methoxy groups -OCH3 is 1. The van der Waals surface area contributed by atoms with Crippen LogP contribution < -0.4 is 0 Å². The third-order valence-corrected chi connectivity index (χ3v) is 2.93. The first-order valence-corrected chi connectivity index (χ1v) is 5.40. The van der Waals surface area contributed by atoms with Gasteiger partial charge in [-0.05, 0) is 31.5 Å². The first-order valence-electron chi connectivity index (χ1n) is 5.40. The van der Waals surface area contributed by atoms with Crippen molar-refractivity contribution in [2.75, 3.05) is 7.11 Å². The Labute approximate surface area is 101 Å². The molecule has 1 atom stereocenters. The van der Waals surface area contributed by atoms with Gasteiger partial charge >= 0.3 is 5.97 Å². The lowest BCUT2D eigenvalue weighted by Crippen LogP contribution is -2.31. The standard InChI is InChI=1S/C14H17FO2/c1-5-12(14(2,3)13(16)17-4)10-7-6-8-11(15)9-10/h5-9,12H,1H2,2-4H3/t12-/m1/s1. The summed E-state index contributed by atoms with van der Waals surface area (Å²) in [5, 5.41) is 0. The number of carbonyl (C=O) groups excluding carboxylic acids is 1. The number of rotatable bonds is 4. The molecule has 0 bridgehead atoms. The molecule has 0 N–H and O–H groups in total. The zero-order valence-electron chi connectivity index (χ0n) is 10.4. The average molecular weight is 236 g/mol. The summed E-state index contributed by atoms with van der Waals surface area (Å²) in [4.78, 5) is 11.7. The summed E-state index contributed by atoms with van der Waals surface area (Å²) >= 11 is 0. The van der Waals surface area contributed by atoms with Crippen LogP contribution in [0.4, 0.5) is 4.39 Å². The third kappa shape index (κ3) is 2.73. The van der Waals surface area contributed by atoms with E-state index >= 15 is 0 Å². The molecule has 0 radical (unpaired) electrons. The normalized spacial score (nSPS) is 12.9. The predicted octanol–water partition coefficient (Wildman–Crippen LogP) is 3.29. The van der Waals surface area contributed by atoms with Gasteiger partial charge in [-0.3, -0.25) is 4.79 Å². The van der Waals surface area contributed by atoms with Gasteiger partial charge in [-0.15, -0.1) is 6.58 Å². The molecule has 0 unspecified atom stereocenters. The smallest absolute Gasteiger partial charge is 0.312 e. The zero-order chi connectivity index (χ0) is 13.1. The Bertz CT molecular complexity index is 424. The van der Waals surface area contributed by atoms with Crippen LogP contribution in [0, 0.1) is 11.2 Å². The monoisotopic (exact) mass is 236 g/mol. The number of ether oxygens (including phenoxy) is 1. The van der Waals surface area contributed by atoms with Crippen molar-refractivity contribution in [2.24, 2.45) is 5.41 Å². The minimum Gasteiger partial charge on any atom is -0.469 e. The highest BCUT2D eigenvalue weighted by Crippen LogP contribution is 2.37. The molecule has 2 nitrogen and oxygen atoms in total. The van der Waals surface area contributed by atoms with Crippen molar-refractivity contribution in [1.82, 2.24) is 0 Å². The first kappa shape index (κ1) is 13.4. The second-order valence-corrected chi connectivity index (χ2v) is 4.48. The quantitative estimate of drug-likeness (QED) is 0.592. The van der Waals surface area contributed by atoms with Crippen LogP contribution >= 0.6 is 0 Å². The van der Waals surface area contributed by atoms with Crippen LogP contribution in [0.2, 0.25) is 0 Å². The summed E-state index contributed by atoms with van der Waals surface area (Å²) in [5.41, 5.74) is -0.0556. The number of hydrogen-bond acceptors (Lipinski definition) is 2. The summed E-state index contributed by atoms with van der Waals surface area (Å²) in [6.07, 6.45) is 1.64. The molecular weight excluding hydrogens is 219 g/mol. The zero-order valence-corrected chi connectivity index (χ0v) is 10.4. The molecule has 0 saturated heterocycles. The largest absolute Gasteiger partial charge is 0.469 e. The lowest BCUT2D eigenvalue weighted by atomic mass is 9.75. The molecular formula is C14H17FO2. The van der Waals surface area contributed by atoms with E-state index in [0.29, 0.717) is 0 Å². The minimum absolute atomic E-state index is 0.286. The molecule has 0 heterocycles. The van der Waals surface area contributed by atoms with E-state index in [0.717, 1.165) is 5.56 Å². The van der Waals surface area contributed by atoms with Gasteiger partial charge in [-0.25, -0.2) is 4.39 Å². The van der Waals surface area contributed by atoms with Crippen molar-refractivity contribution in [3.8, 4) is 0 Å². The van der Waals surface area contributed by atoms with E-state index in [-0.39, 0.29) is 17.7 Å². The Morgan fingerprint density at radius 2 is 2.18 bits per heavy atom. The lowest BCUT2D eigenvalue weighted by Gasteiger charge is -2.29. The van der Waals surface area contributed by atoms with Gasteiger partial charge in [0.2, 0.25) is 0 Å². The molecule has 0 aliphatic carbocycles. The van der Waals surface area contributed by atoms with E-state index < -0.39 is 5.41 Å². The number of halogens is 1. The lowest BCUT2D eigenvalue weighted by molar-refractivity contribution is -0.151. The molecule has 0 aliphatic heterocycles. The number of allylic oxidation sites excluding steroid dienone is 1. The molecule has 1 rings (SSSR count). The van der Waals surface area contributed by atoms with E-state index in [1.807, 2.05) is 0 Å². The highest BCUT2D eigenvalue weighted by molar-refractivity contribution is 5.77. The van der Waals surface area contributed by atoms with Crippen LogP contribution in [0.5, 0.6) is 0 Å². The summed E-state index contributed by atoms with van der Waals surface area (Å²) in [5.74, 6) is -0.952. The van der Waals surface area contributed by atoms with Crippen LogP contribution in [-0.4, -0.2) is 13.1 Å². The van der Waals surface area contributed by atoms with Crippen molar-refractivity contribution in [2.45, 2.75) is 19.8 Å². The number of benzene rings is 1. The molecule has 1 aromatic carbocycles. The fourth-order valence-electron chi connectivity index (χ4n) is 1.94. The first-order chi connectivity index (χ1) is 7.93. The van der Waals surface area contributed by atoms with Crippen molar-refractivity contribution in [1.29, 1.82) is 0 Å². The highest BCUT2D eigenvalue weighted by atomic mass is 19.1. The average Bonchev–Trinajstić information content (AvgIpc) is 2.28. The van der Waals surface area contributed by atoms with Crippen molar-refractivity contribution in [3.63, 3.8) is 0 Å². The van der Waals surface area contributed by atoms with E-state index in [1.165, 1.54) is 19.2 Å². The summed E-state index contributed by atoms with van der Waals surface area (Å²) in [6.45, 7) is 7.24. The molecule has 0 aromatic heterocycles. The molecule has 92 valence electrons. The van der Waals surface area contributed by atoms with Gasteiger partial charge in [0.05, 0.1) is 12.5 Å². The highest BCUT2D eigenvalue weighted by Gasteiger charge is 2.37. The minimum atomic E-state index is -0.774. The van der Waals surface area contributed by atoms with Crippen LogP contribution in [0.15, 0.2) is 36.9 Å². The van der Waals surface area contributed by atoms with E-state index in [9.17, 15) is 9.18 Å². The van der Waals surface area contributed by atoms with Crippen molar-refractivity contribution in [3.05, 3.63) is 48.3 Å². The molecule has 17 heavy (non-hydrogen) atoms. The molecule has 0 fully saturated rings. The Hall–Kier alpha value is -1.64. The van der Waals surface area contributed by atoms with Gasteiger partial charge in [0.15, 0.2) is 0 Å². The number of hydrogen-bond donors (Lipinski definition) is 0. The van der Waals surface area contributed by atoms with Gasteiger partial charge in [-0.1, -0.05) is 18.2 Å². The predicted molar refractivity (Wildman–Crippen MR) is 65.1 cm³/mol. The number of carbonyl (C=O) groups is 1. The molecule has 0 amide bonds. The van der Waals surface area contributed by atoms with Gasteiger partial charge < -0.3 is 4.74 Å². The molecule has 3 heteroatoms. The Balaban J connectivity index is 3.15. The third-order valence-electron chi connectivity index (χ3n) is 2.93. The van der Waals surface area contributed by atoms with Crippen LogP contribution in [0.1, 0.15) is 25.3 Å². The topological polar surface area (TPSA) is 26.3 Å². The molecule has 0 spiro atoms. The van der Waals surface area contributed by atoms with E-state index in [1.54, 1.807) is 32.1 Å². The fourth-order valence-corrected chi connectivity index (χ4v) is 1.94. The maximum Gasteiger partial charge on any atom is 0.312 e. The Kier molecular flexibility index (Phi) is 4.05. The maximum atomic E-state index is 13.2. The van der Waals surface area contributed by atoms with Gasteiger partial charge in [0.1, 0.15) is 5.82 Å². The van der Waals surface area contributed by atoms with Gasteiger partial charge in [0, 0.05) is 5.92 Å². The number of esters is 1. The van der Waals surface area contributed by atoms with Gasteiger partial charge in [-0.2, -0.15) is 0 Å². The summed E-state index contributed by atoms with van der Waals surface area (Å²) in [6, 6.07) is 6.18. The van der Waals surface area contributed by atoms with E-state index in [4.69, 9.17) is 4.74 Å². The Morgan fingerprint density at radius 1 is 1.53 bits per heavy atom. The second kappa shape index (κ2) is 5.13. The second-order valence-electron chi connectivity index (χ2n) is 4.48. The van der Waals surface area contributed by atoms with Crippen LogP contribution in [-0.2, 0) is 9.53 Å². The van der Waals surface area contributed by atoms with Crippen LogP contribution in [0.3, 0.4) is 0 Å². The molecule has 0 saturated carbocycles. The summed E-state index contributed by atoms with van der Waals surface area (Å²) < 4.78 is 18.0. The van der Waals surface area contributed by atoms with Crippen molar-refractivity contribution >= 4 is 5.97 Å². The fraction of sp³-hybridized carbons (Fsp3) is 0.357. The SMILES string of the molecule is C=C[C@H](c1cccc(F)c1)C(C)(C)C(=O)OC. The van der Waals surface area contributed by atoms with Crippen molar-refractivity contribution < 1.29 is 13.9 Å². The molecule has 0 aliphatic rings. The maximum absolute atomic E-state index is 13.2. The molecule has 1 aromatic rings. The summed E-state index contributed by atoms with van der Waals surface area (Å²) in [7, 11) is 1.34. The van der Waals surface area contributed by atoms with Crippen LogP contribution in [0.25, 0.3) is 0 Å².